The molecule has 2 aromatic heterocycles. The number of unbranched alkanes of at least 4 members (excludes halogenated alkanes) is 1. The molecule has 0 bridgehead atoms. The summed E-state index contributed by atoms with van der Waals surface area (Å²) in [6.45, 7) is 4.47. The number of aliphatic carboxylic acids is 2. The first-order valence-corrected chi connectivity index (χ1v) is 22.3. The summed E-state index contributed by atoms with van der Waals surface area (Å²) >= 11 is 0. The molecule has 4 aromatic rings. The van der Waals surface area contributed by atoms with Crippen molar-refractivity contribution in [1.82, 2.24) is 30.4 Å². The zero-order valence-electron chi connectivity index (χ0n) is 35.3. The molecule has 0 saturated carbocycles. The fourth-order valence-corrected chi connectivity index (χ4v) is 9.35. The molecule has 326 valence electrons. The van der Waals surface area contributed by atoms with Crippen molar-refractivity contribution >= 4 is 35.4 Å². The van der Waals surface area contributed by atoms with Crippen molar-refractivity contribution in [3.05, 3.63) is 106 Å². The lowest BCUT2D eigenvalue weighted by atomic mass is 9.91. The third-order valence-electron chi connectivity index (χ3n) is 12.8. The molecule has 0 radical (unpaired) electrons. The second-order valence-corrected chi connectivity index (χ2v) is 17.2. The number of amides is 2. The number of carboxylic acid groups (broad SMARTS) is 2. The van der Waals surface area contributed by atoms with Gasteiger partial charge in [-0.15, -0.1) is 0 Å². The van der Waals surface area contributed by atoms with E-state index in [4.69, 9.17) is 9.97 Å². The number of hydrogen-bond donors (Lipinski definition) is 6. The number of aromatic nitrogens is 2. The van der Waals surface area contributed by atoms with Gasteiger partial charge in [-0.3, -0.25) is 29.0 Å². The van der Waals surface area contributed by atoms with E-state index in [0.29, 0.717) is 56.8 Å². The second kappa shape index (κ2) is 19.9. The van der Waals surface area contributed by atoms with Crippen LogP contribution in [-0.4, -0.2) is 106 Å². The first kappa shape index (κ1) is 42.8. The van der Waals surface area contributed by atoms with E-state index in [2.05, 4.69) is 45.5 Å². The molecular formula is C48H58N8O6. The highest BCUT2D eigenvalue weighted by atomic mass is 16.4. The SMILES string of the molecule is O=C(NCCCCc1ccc2c(n1)NCCC2)C1CN([C@H](C(=O)O)c2cccc(-c3cccc(C(C(=O)O)N4CC[C@H](C(=O)NCCCc5ccc6c(n5)NCCC6)C4)c3)c2)C1. The summed E-state index contributed by atoms with van der Waals surface area (Å²) in [7, 11) is 0. The lowest BCUT2D eigenvalue weighted by molar-refractivity contribution is -0.149. The third kappa shape index (κ3) is 10.2. The number of carboxylic acids is 2. The maximum Gasteiger partial charge on any atom is 0.325 e. The Labute approximate surface area is 362 Å². The molecule has 1 unspecified atom stereocenters. The Morgan fingerprint density at radius 2 is 1.16 bits per heavy atom. The van der Waals surface area contributed by atoms with Gasteiger partial charge in [0.05, 0.1) is 11.8 Å². The van der Waals surface area contributed by atoms with Gasteiger partial charge >= 0.3 is 11.9 Å². The summed E-state index contributed by atoms with van der Waals surface area (Å²) in [5.41, 5.74) is 7.27. The third-order valence-corrected chi connectivity index (χ3v) is 12.8. The van der Waals surface area contributed by atoms with Gasteiger partial charge in [-0.2, -0.15) is 0 Å². The average molecular weight is 843 g/mol. The number of hydrogen-bond acceptors (Lipinski definition) is 10. The largest absolute Gasteiger partial charge is 0.480 e. The number of carbonyl (C=O) groups is 4. The molecule has 2 aromatic carbocycles. The minimum absolute atomic E-state index is 0.0582. The van der Waals surface area contributed by atoms with Crippen LogP contribution in [0.25, 0.3) is 11.1 Å². The average Bonchev–Trinajstić information content (AvgIpc) is 3.75. The Balaban J connectivity index is 0.812. The zero-order valence-corrected chi connectivity index (χ0v) is 35.3. The van der Waals surface area contributed by atoms with E-state index in [9.17, 15) is 29.4 Å². The molecule has 2 fully saturated rings. The van der Waals surface area contributed by atoms with Crippen LogP contribution in [0.5, 0.6) is 0 Å². The van der Waals surface area contributed by atoms with Gasteiger partial charge < -0.3 is 31.5 Å². The molecule has 14 nitrogen and oxygen atoms in total. The Hall–Kier alpha value is -5.86. The molecule has 2 amide bonds. The van der Waals surface area contributed by atoms with Crippen LogP contribution in [-0.2, 0) is 44.9 Å². The van der Waals surface area contributed by atoms with E-state index in [1.165, 1.54) is 11.1 Å². The Bertz CT molecular complexity index is 2260. The summed E-state index contributed by atoms with van der Waals surface area (Å²) in [4.78, 5) is 64.8. The second-order valence-electron chi connectivity index (χ2n) is 17.2. The van der Waals surface area contributed by atoms with Crippen molar-refractivity contribution in [3.63, 3.8) is 0 Å². The lowest BCUT2D eigenvalue weighted by Gasteiger charge is -2.42. The molecule has 3 atom stereocenters. The van der Waals surface area contributed by atoms with Gasteiger partial charge in [-0.1, -0.05) is 48.5 Å². The number of benzene rings is 2. The van der Waals surface area contributed by atoms with Crippen LogP contribution in [0.2, 0.25) is 0 Å². The molecule has 4 aliphatic heterocycles. The quantitative estimate of drug-likeness (QED) is 0.0716. The highest BCUT2D eigenvalue weighted by molar-refractivity contribution is 5.82. The normalized spacial score (nSPS) is 18.5. The molecule has 14 heteroatoms. The van der Waals surface area contributed by atoms with Gasteiger partial charge in [0.1, 0.15) is 23.7 Å². The maximum absolute atomic E-state index is 13.2. The van der Waals surface area contributed by atoms with Crippen LogP contribution in [0.3, 0.4) is 0 Å². The van der Waals surface area contributed by atoms with Gasteiger partial charge in [0.25, 0.3) is 0 Å². The lowest BCUT2D eigenvalue weighted by Crippen LogP contribution is -2.56. The smallest absolute Gasteiger partial charge is 0.325 e. The van der Waals surface area contributed by atoms with Gasteiger partial charge in [-0.25, -0.2) is 9.97 Å². The van der Waals surface area contributed by atoms with E-state index in [-0.39, 0.29) is 23.7 Å². The molecule has 0 spiro atoms. The predicted molar refractivity (Wildman–Crippen MR) is 237 cm³/mol. The van der Waals surface area contributed by atoms with Crippen molar-refractivity contribution in [2.75, 3.05) is 63.0 Å². The summed E-state index contributed by atoms with van der Waals surface area (Å²) in [5, 5.41) is 33.7. The minimum atomic E-state index is -0.997. The monoisotopic (exact) mass is 842 g/mol. The first-order valence-electron chi connectivity index (χ1n) is 22.3. The first-order chi connectivity index (χ1) is 30.2. The minimum Gasteiger partial charge on any atom is -0.480 e. The highest BCUT2D eigenvalue weighted by Crippen LogP contribution is 2.34. The van der Waals surface area contributed by atoms with E-state index in [0.717, 1.165) is 105 Å². The highest BCUT2D eigenvalue weighted by Gasteiger charge is 2.41. The van der Waals surface area contributed by atoms with E-state index in [1.54, 1.807) is 12.1 Å². The molecule has 62 heavy (non-hydrogen) atoms. The molecule has 4 aliphatic rings. The molecule has 2 saturated heterocycles. The van der Waals surface area contributed by atoms with Crippen molar-refractivity contribution in [2.45, 2.75) is 76.3 Å². The van der Waals surface area contributed by atoms with Crippen molar-refractivity contribution < 1.29 is 29.4 Å². The standard InChI is InChI=1S/C48H58N8O6/c57-45(52-24-7-15-40-19-17-32-13-6-23-50-44(32)54-40)37-20-25-55(28-37)41(47(59)60)35-10-3-8-33(26-35)34-9-4-11-36(27-34)42(48(61)62)56-29-38(30-56)46(58)51-21-2-1-14-39-18-16-31-12-5-22-49-43(31)53-39/h3-4,8-11,16-19,26-27,37-38,41-42H,1-2,5-7,12-15,20-25,28-30H2,(H,49,53)(H,50,54)(H,51,58)(H,52,57)(H,59,60)(H,61,62)/t37-,41?,42-/m0/s1. The van der Waals surface area contributed by atoms with Crippen molar-refractivity contribution in [1.29, 1.82) is 0 Å². The number of aryl methyl sites for hydroxylation is 4. The number of pyridine rings is 2. The number of nitrogens with one attached hydrogen (secondary N) is 4. The fraction of sp³-hybridized carbons (Fsp3) is 0.458. The Kier molecular flexibility index (Phi) is 13.7. The van der Waals surface area contributed by atoms with Gasteiger partial charge in [0, 0.05) is 63.7 Å². The number of likely N-dealkylation sites (tertiary alicyclic amines) is 2. The number of rotatable bonds is 18. The summed E-state index contributed by atoms with van der Waals surface area (Å²) in [6.07, 6.45) is 9.02. The van der Waals surface area contributed by atoms with Gasteiger partial charge in [0.2, 0.25) is 11.8 Å². The molecular weight excluding hydrogens is 785 g/mol. The Morgan fingerprint density at radius 3 is 1.74 bits per heavy atom. The number of carbonyl (C=O) groups excluding carboxylic acids is 2. The van der Waals surface area contributed by atoms with Crippen LogP contribution in [0.1, 0.15) is 84.3 Å². The Morgan fingerprint density at radius 1 is 0.645 bits per heavy atom. The van der Waals surface area contributed by atoms with Gasteiger partial charge in [-0.05, 0) is 122 Å². The summed E-state index contributed by atoms with van der Waals surface area (Å²) in [6, 6.07) is 21.2. The molecule has 0 aliphatic carbocycles. The maximum atomic E-state index is 13.2. The summed E-state index contributed by atoms with van der Waals surface area (Å²) in [5.74, 6) is -0.739. The van der Waals surface area contributed by atoms with Crippen LogP contribution in [0.15, 0.2) is 72.8 Å². The number of anilines is 2. The van der Waals surface area contributed by atoms with E-state index in [1.807, 2.05) is 46.2 Å². The predicted octanol–water partition coefficient (Wildman–Crippen LogP) is 5.25. The van der Waals surface area contributed by atoms with Crippen LogP contribution >= 0.6 is 0 Å². The van der Waals surface area contributed by atoms with Crippen LogP contribution < -0.4 is 21.3 Å². The molecule has 6 N–H and O–H groups in total. The van der Waals surface area contributed by atoms with Crippen LogP contribution in [0, 0.1) is 11.8 Å². The van der Waals surface area contributed by atoms with E-state index < -0.39 is 24.0 Å². The van der Waals surface area contributed by atoms with Crippen molar-refractivity contribution in [2.24, 2.45) is 11.8 Å². The topological polar surface area (TPSA) is 189 Å². The van der Waals surface area contributed by atoms with Gasteiger partial charge in [0.15, 0.2) is 0 Å². The molecule has 8 rings (SSSR count). The number of fused-ring (bicyclic) bond motifs is 2. The zero-order chi connectivity index (χ0) is 43.0. The summed E-state index contributed by atoms with van der Waals surface area (Å²) < 4.78 is 0. The fourth-order valence-electron chi connectivity index (χ4n) is 9.35. The van der Waals surface area contributed by atoms with Crippen molar-refractivity contribution in [3.8, 4) is 11.1 Å². The number of nitrogens with zero attached hydrogens (tertiary/aromatic N) is 4. The van der Waals surface area contributed by atoms with Crippen LogP contribution in [0.4, 0.5) is 11.6 Å². The molecule has 6 heterocycles. The van der Waals surface area contributed by atoms with E-state index >= 15 is 0 Å².